The molecule has 0 amide bonds. The average Bonchev–Trinajstić information content (AvgIpc) is 2.72. The second-order valence-electron chi connectivity index (χ2n) is 5.08. The number of hydrogen-bond donors (Lipinski definition) is 1. The lowest BCUT2D eigenvalue weighted by atomic mass is 9.90. The van der Waals surface area contributed by atoms with Crippen molar-refractivity contribution >= 4 is 11.7 Å². The monoisotopic (exact) mass is 273 g/mol. The topological polar surface area (TPSA) is 40.5 Å². The third-order valence-corrected chi connectivity index (χ3v) is 3.55. The summed E-state index contributed by atoms with van der Waals surface area (Å²) in [7, 11) is 0. The Bertz CT molecular complexity index is 484. The molecule has 6 heteroatoms. The normalized spacial score (nSPS) is 23.7. The molecule has 0 spiro atoms. The highest BCUT2D eigenvalue weighted by molar-refractivity contribution is 5.76. The number of anilines is 1. The van der Waals surface area contributed by atoms with Gasteiger partial charge in [-0.3, -0.25) is 4.79 Å². The van der Waals surface area contributed by atoms with Crippen LogP contribution in [0.25, 0.3) is 0 Å². The van der Waals surface area contributed by atoms with Gasteiger partial charge in [-0.1, -0.05) is 0 Å². The van der Waals surface area contributed by atoms with E-state index in [0.717, 1.165) is 12.1 Å². The molecular formula is C13H14F3NO2. The van der Waals surface area contributed by atoms with Crippen molar-refractivity contribution < 1.29 is 23.1 Å². The molecule has 1 N–H and O–H groups in total. The second-order valence-corrected chi connectivity index (χ2v) is 5.08. The number of halogens is 3. The minimum absolute atomic E-state index is 0.313. The van der Waals surface area contributed by atoms with Crippen molar-refractivity contribution in [3.05, 3.63) is 29.8 Å². The number of hydrogen-bond acceptors (Lipinski definition) is 2. The molecule has 1 aliphatic heterocycles. The SMILES string of the molecule is CC1(C(=O)O)CCN(c2ccc(C(F)(F)F)cc2)C1. The van der Waals surface area contributed by atoms with Crippen molar-refractivity contribution in [3.8, 4) is 0 Å². The Morgan fingerprint density at radius 2 is 1.89 bits per heavy atom. The molecule has 1 heterocycles. The number of carbonyl (C=O) groups is 1. The van der Waals surface area contributed by atoms with Crippen LogP contribution in [0, 0.1) is 5.41 Å². The van der Waals surface area contributed by atoms with E-state index in [0.29, 0.717) is 25.2 Å². The van der Waals surface area contributed by atoms with E-state index < -0.39 is 23.1 Å². The number of benzene rings is 1. The highest BCUT2D eigenvalue weighted by Crippen LogP contribution is 2.35. The molecule has 1 atom stereocenters. The highest BCUT2D eigenvalue weighted by Gasteiger charge is 2.40. The lowest BCUT2D eigenvalue weighted by molar-refractivity contribution is -0.146. The molecule has 0 radical (unpaired) electrons. The van der Waals surface area contributed by atoms with Crippen LogP contribution < -0.4 is 4.90 Å². The van der Waals surface area contributed by atoms with Crippen molar-refractivity contribution in [2.24, 2.45) is 5.41 Å². The second kappa shape index (κ2) is 4.43. The maximum absolute atomic E-state index is 12.4. The fourth-order valence-electron chi connectivity index (χ4n) is 2.22. The summed E-state index contributed by atoms with van der Waals surface area (Å²) in [6, 6.07) is 4.81. The van der Waals surface area contributed by atoms with Crippen LogP contribution in [0.4, 0.5) is 18.9 Å². The average molecular weight is 273 g/mol. The summed E-state index contributed by atoms with van der Waals surface area (Å²) in [5.41, 5.74) is -0.905. The minimum atomic E-state index is -4.35. The largest absolute Gasteiger partial charge is 0.481 e. The molecule has 0 aromatic heterocycles. The van der Waals surface area contributed by atoms with Gasteiger partial charge in [0, 0.05) is 18.8 Å². The molecule has 1 aromatic rings. The van der Waals surface area contributed by atoms with Gasteiger partial charge in [-0.25, -0.2) is 0 Å². The van der Waals surface area contributed by atoms with Gasteiger partial charge in [-0.2, -0.15) is 13.2 Å². The zero-order valence-electron chi connectivity index (χ0n) is 10.4. The van der Waals surface area contributed by atoms with Crippen LogP contribution in [0.1, 0.15) is 18.9 Å². The van der Waals surface area contributed by atoms with Crippen LogP contribution in [0.15, 0.2) is 24.3 Å². The van der Waals surface area contributed by atoms with Gasteiger partial charge in [0.15, 0.2) is 0 Å². The van der Waals surface area contributed by atoms with Gasteiger partial charge in [0.1, 0.15) is 0 Å². The number of carboxylic acids is 1. The maximum atomic E-state index is 12.4. The molecule has 104 valence electrons. The van der Waals surface area contributed by atoms with E-state index in [2.05, 4.69) is 0 Å². The van der Waals surface area contributed by atoms with Crippen LogP contribution in [0.3, 0.4) is 0 Å². The first-order valence-corrected chi connectivity index (χ1v) is 5.88. The van der Waals surface area contributed by atoms with Gasteiger partial charge in [-0.15, -0.1) is 0 Å². The van der Waals surface area contributed by atoms with Crippen molar-refractivity contribution in [2.45, 2.75) is 19.5 Å². The first-order chi connectivity index (χ1) is 8.72. The molecule has 0 aliphatic carbocycles. The number of alkyl halides is 3. The minimum Gasteiger partial charge on any atom is -0.481 e. The maximum Gasteiger partial charge on any atom is 0.416 e. The summed E-state index contributed by atoms with van der Waals surface area (Å²) in [5, 5.41) is 9.11. The Morgan fingerprint density at radius 3 is 2.32 bits per heavy atom. The standard InChI is InChI=1S/C13H14F3NO2/c1-12(11(18)19)6-7-17(8-12)10-4-2-9(3-5-10)13(14,15)16/h2-5H,6-8H2,1H3,(H,18,19). The van der Waals surface area contributed by atoms with E-state index in [-0.39, 0.29) is 0 Å². The fourth-order valence-corrected chi connectivity index (χ4v) is 2.22. The van der Waals surface area contributed by atoms with Gasteiger partial charge >= 0.3 is 12.1 Å². The third-order valence-electron chi connectivity index (χ3n) is 3.55. The lowest BCUT2D eigenvalue weighted by Gasteiger charge is -2.22. The Morgan fingerprint density at radius 1 is 1.32 bits per heavy atom. The van der Waals surface area contributed by atoms with Crippen LogP contribution in [-0.2, 0) is 11.0 Å². The molecule has 1 unspecified atom stereocenters. The molecule has 0 bridgehead atoms. The predicted molar refractivity (Wildman–Crippen MR) is 64.0 cm³/mol. The number of aliphatic carboxylic acids is 1. The number of rotatable bonds is 2. The quantitative estimate of drug-likeness (QED) is 0.900. The zero-order valence-corrected chi connectivity index (χ0v) is 10.4. The highest BCUT2D eigenvalue weighted by atomic mass is 19.4. The Kier molecular flexibility index (Phi) is 3.20. The van der Waals surface area contributed by atoms with Gasteiger partial charge < -0.3 is 10.0 Å². The number of carboxylic acid groups (broad SMARTS) is 1. The van der Waals surface area contributed by atoms with Crippen molar-refractivity contribution in [1.82, 2.24) is 0 Å². The molecule has 1 saturated heterocycles. The first kappa shape index (κ1) is 13.7. The molecule has 1 aliphatic rings. The van der Waals surface area contributed by atoms with Crippen LogP contribution in [-0.4, -0.2) is 24.2 Å². The van der Waals surface area contributed by atoms with Crippen molar-refractivity contribution in [3.63, 3.8) is 0 Å². The fraction of sp³-hybridized carbons (Fsp3) is 0.462. The molecule has 1 aromatic carbocycles. The van der Waals surface area contributed by atoms with Crippen LogP contribution in [0.5, 0.6) is 0 Å². The molecular weight excluding hydrogens is 259 g/mol. The lowest BCUT2D eigenvalue weighted by Crippen LogP contribution is -2.31. The Labute approximate surface area is 108 Å². The summed E-state index contributed by atoms with van der Waals surface area (Å²) in [5.74, 6) is -0.873. The summed E-state index contributed by atoms with van der Waals surface area (Å²) >= 11 is 0. The number of nitrogens with zero attached hydrogens (tertiary/aromatic N) is 1. The molecule has 1 fully saturated rings. The van der Waals surface area contributed by atoms with Gasteiger partial charge in [0.25, 0.3) is 0 Å². The molecule has 0 saturated carbocycles. The van der Waals surface area contributed by atoms with E-state index >= 15 is 0 Å². The first-order valence-electron chi connectivity index (χ1n) is 5.88. The van der Waals surface area contributed by atoms with Crippen molar-refractivity contribution in [2.75, 3.05) is 18.0 Å². The smallest absolute Gasteiger partial charge is 0.416 e. The summed E-state index contributed by atoms with van der Waals surface area (Å²) in [6.07, 6.45) is -3.86. The van der Waals surface area contributed by atoms with E-state index in [1.807, 2.05) is 0 Å². The van der Waals surface area contributed by atoms with Gasteiger partial charge in [0.05, 0.1) is 11.0 Å². The van der Waals surface area contributed by atoms with Crippen LogP contribution in [0.2, 0.25) is 0 Å². The summed E-state index contributed by atoms with van der Waals surface area (Å²) < 4.78 is 37.3. The van der Waals surface area contributed by atoms with E-state index in [1.54, 1.807) is 11.8 Å². The molecule has 2 rings (SSSR count). The van der Waals surface area contributed by atoms with Gasteiger partial charge in [0.2, 0.25) is 0 Å². The Hall–Kier alpha value is -1.72. The Balaban J connectivity index is 2.15. The molecule has 3 nitrogen and oxygen atoms in total. The van der Waals surface area contributed by atoms with E-state index in [9.17, 15) is 18.0 Å². The summed E-state index contributed by atoms with van der Waals surface area (Å²) in [4.78, 5) is 12.9. The molecule has 19 heavy (non-hydrogen) atoms. The van der Waals surface area contributed by atoms with E-state index in [1.165, 1.54) is 12.1 Å². The van der Waals surface area contributed by atoms with Crippen molar-refractivity contribution in [1.29, 1.82) is 0 Å². The summed E-state index contributed by atoms with van der Waals surface area (Å²) in [6.45, 7) is 2.50. The van der Waals surface area contributed by atoms with Gasteiger partial charge in [-0.05, 0) is 37.6 Å². The zero-order chi connectivity index (χ0) is 14.3. The van der Waals surface area contributed by atoms with E-state index in [4.69, 9.17) is 5.11 Å². The third kappa shape index (κ3) is 2.67. The van der Waals surface area contributed by atoms with Crippen LogP contribution >= 0.6 is 0 Å². The predicted octanol–water partition coefficient (Wildman–Crippen LogP) is 3.01.